The van der Waals surface area contributed by atoms with Crippen molar-refractivity contribution >= 4 is 11.5 Å². The van der Waals surface area contributed by atoms with E-state index in [0.717, 1.165) is 50.4 Å². The first-order chi connectivity index (χ1) is 10.3. The van der Waals surface area contributed by atoms with E-state index < -0.39 is 0 Å². The smallest absolute Gasteiger partial charge is 0.260 e. The lowest BCUT2D eigenvalue weighted by Gasteiger charge is -2.29. The molecule has 3 rings (SSSR count). The average Bonchev–Trinajstić information content (AvgIpc) is 2.96. The van der Waals surface area contributed by atoms with Crippen LogP contribution in [0.15, 0.2) is 18.6 Å². The fourth-order valence-electron chi connectivity index (χ4n) is 2.58. The van der Waals surface area contributed by atoms with Gasteiger partial charge in [-0.05, 0) is 26.3 Å². The summed E-state index contributed by atoms with van der Waals surface area (Å²) < 4.78 is 8.10. The Kier molecular flexibility index (Phi) is 4.24. The topological polar surface area (TPSA) is 54.7 Å². The summed E-state index contributed by atoms with van der Waals surface area (Å²) in [5, 5.41) is 3.31. The molecule has 2 aromatic rings. The minimum Gasteiger partial charge on any atom is -0.472 e. The van der Waals surface area contributed by atoms with Crippen LogP contribution in [0.2, 0.25) is 0 Å². The monoisotopic (exact) mass is 289 g/mol. The molecule has 0 radical (unpaired) electrons. The SMILES string of the molecule is CCCNc1cn2ccnc2c(OC2CCN(C)CC2)n1. The molecule has 114 valence electrons. The molecule has 6 heteroatoms. The molecule has 0 aromatic carbocycles. The lowest BCUT2D eigenvalue weighted by Crippen LogP contribution is -2.35. The third-order valence-electron chi connectivity index (χ3n) is 3.84. The molecule has 0 atom stereocenters. The van der Waals surface area contributed by atoms with Gasteiger partial charge in [0.2, 0.25) is 5.65 Å². The average molecular weight is 289 g/mol. The second kappa shape index (κ2) is 6.30. The van der Waals surface area contributed by atoms with E-state index in [9.17, 15) is 0 Å². The first-order valence-electron chi connectivity index (χ1n) is 7.69. The zero-order chi connectivity index (χ0) is 14.7. The van der Waals surface area contributed by atoms with Crippen LogP contribution in [-0.2, 0) is 0 Å². The molecule has 1 aliphatic rings. The van der Waals surface area contributed by atoms with Crippen molar-refractivity contribution in [3.05, 3.63) is 18.6 Å². The number of ether oxygens (including phenoxy) is 1. The molecule has 0 aliphatic carbocycles. The molecular formula is C15H23N5O. The van der Waals surface area contributed by atoms with Gasteiger partial charge < -0.3 is 15.0 Å². The number of rotatable bonds is 5. The Labute approximate surface area is 125 Å². The quantitative estimate of drug-likeness (QED) is 0.912. The predicted octanol–water partition coefficient (Wildman–Crippen LogP) is 2.02. The van der Waals surface area contributed by atoms with Crippen molar-refractivity contribution < 1.29 is 4.74 Å². The molecule has 6 nitrogen and oxygen atoms in total. The largest absolute Gasteiger partial charge is 0.472 e. The van der Waals surface area contributed by atoms with Crippen LogP contribution in [0.25, 0.3) is 5.65 Å². The van der Waals surface area contributed by atoms with Crippen molar-refractivity contribution in [2.75, 3.05) is 32.0 Å². The summed E-state index contributed by atoms with van der Waals surface area (Å²) in [4.78, 5) is 11.3. The second-order valence-corrected chi connectivity index (χ2v) is 5.64. The van der Waals surface area contributed by atoms with Gasteiger partial charge in [-0.3, -0.25) is 4.40 Å². The van der Waals surface area contributed by atoms with Gasteiger partial charge in [-0.25, -0.2) is 4.98 Å². The van der Waals surface area contributed by atoms with Gasteiger partial charge in [-0.15, -0.1) is 0 Å². The molecule has 0 bridgehead atoms. The molecule has 0 unspecified atom stereocenters. The van der Waals surface area contributed by atoms with Crippen molar-refractivity contribution in [3.63, 3.8) is 0 Å². The highest BCUT2D eigenvalue weighted by Gasteiger charge is 2.20. The molecule has 3 heterocycles. The van der Waals surface area contributed by atoms with Crippen LogP contribution >= 0.6 is 0 Å². The Morgan fingerprint density at radius 3 is 2.95 bits per heavy atom. The van der Waals surface area contributed by atoms with Gasteiger partial charge in [0.05, 0.1) is 6.20 Å². The minimum atomic E-state index is 0.232. The third kappa shape index (κ3) is 3.26. The van der Waals surface area contributed by atoms with Crippen molar-refractivity contribution in [1.29, 1.82) is 0 Å². The van der Waals surface area contributed by atoms with Crippen LogP contribution < -0.4 is 10.1 Å². The molecule has 2 aromatic heterocycles. The summed E-state index contributed by atoms with van der Waals surface area (Å²) in [6, 6.07) is 0. The first kappa shape index (κ1) is 14.1. The normalized spacial score (nSPS) is 17.2. The van der Waals surface area contributed by atoms with Crippen LogP contribution in [0.3, 0.4) is 0 Å². The Bertz CT molecular complexity index is 589. The van der Waals surface area contributed by atoms with Crippen LogP contribution in [0, 0.1) is 0 Å². The van der Waals surface area contributed by atoms with Crippen molar-refractivity contribution in [1.82, 2.24) is 19.3 Å². The van der Waals surface area contributed by atoms with Gasteiger partial charge in [0.25, 0.3) is 5.88 Å². The van der Waals surface area contributed by atoms with E-state index in [2.05, 4.69) is 34.2 Å². The summed E-state index contributed by atoms with van der Waals surface area (Å²) in [7, 11) is 2.15. The van der Waals surface area contributed by atoms with E-state index in [4.69, 9.17) is 4.74 Å². The minimum absolute atomic E-state index is 0.232. The summed E-state index contributed by atoms with van der Waals surface area (Å²) in [5.74, 6) is 1.47. The molecular weight excluding hydrogens is 266 g/mol. The number of nitrogens with one attached hydrogen (secondary N) is 1. The van der Waals surface area contributed by atoms with Gasteiger partial charge in [-0.2, -0.15) is 4.98 Å². The number of hydrogen-bond donors (Lipinski definition) is 1. The van der Waals surface area contributed by atoms with Crippen molar-refractivity contribution in [3.8, 4) is 5.88 Å². The lowest BCUT2D eigenvalue weighted by atomic mass is 10.1. The lowest BCUT2D eigenvalue weighted by molar-refractivity contribution is 0.111. The summed E-state index contributed by atoms with van der Waals surface area (Å²) in [5.41, 5.74) is 0.788. The van der Waals surface area contributed by atoms with Gasteiger partial charge >= 0.3 is 0 Å². The van der Waals surface area contributed by atoms with Crippen molar-refractivity contribution in [2.24, 2.45) is 0 Å². The van der Waals surface area contributed by atoms with E-state index in [1.165, 1.54) is 0 Å². The maximum atomic E-state index is 6.13. The van der Waals surface area contributed by atoms with E-state index >= 15 is 0 Å². The Morgan fingerprint density at radius 1 is 1.38 bits per heavy atom. The molecule has 1 saturated heterocycles. The highest BCUT2D eigenvalue weighted by molar-refractivity contribution is 5.53. The van der Waals surface area contributed by atoms with E-state index in [0.29, 0.717) is 5.88 Å². The number of hydrogen-bond acceptors (Lipinski definition) is 5. The van der Waals surface area contributed by atoms with Crippen LogP contribution in [0.4, 0.5) is 5.82 Å². The number of aromatic nitrogens is 3. The molecule has 1 aliphatic heterocycles. The number of imidazole rings is 1. The highest BCUT2D eigenvalue weighted by Crippen LogP contribution is 2.22. The molecule has 0 spiro atoms. The van der Waals surface area contributed by atoms with E-state index in [-0.39, 0.29) is 6.10 Å². The standard InChI is InChI=1S/C15H23N5O/c1-3-6-16-13-11-20-10-7-17-14(20)15(18-13)21-12-4-8-19(2)9-5-12/h7,10-12,16H,3-6,8-9H2,1-2H3. The molecule has 0 saturated carbocycles. The maximum absolute atomic E-state index is 6.13. The molecule has 1 N–H and O–H groups in total. The van der Waals surface area contributed by atoms with Crippen LogP contribution in [0.1, 0.15) is 26.2 Å². The molecule has 21 heavy (non-hydrogen) atoms. The highest BCUT2D eigenvalue weighted by atomic mass is 16.5. The second-order valence-electron chi connectivity index (χ2n) is 5.64. The van der Waals surface area contributed by atoms with Gasteiger partial charge in [0.15, 0.2) is 0 Å². The van der Waals surface area contributed by atoms with Crippen molar-refractivity contribution in [2.45, 2.75) is 32.3 Å². The van der Waals surface area contributed by atoms with E-state index in [1.807, 2.05) is 16.8 Å². The summed E-state index contributed by atoms with van der Waals surface area (Å²) in [6.45, 7) is 5.19. The van der Waals surface area contributed by atoms with Crippen LogP contribution in [0.5, 0.6) is 5.88 Å². The number of fused-ring (bicyclic) bond motifs is 1. The number of anilines is 1. The Hall–Kier alpha value is -1.82. The van der Waals surface area contributed by atoms with Gasteiger partial charge in [-0.1, -0.05) is 6.92 Å². The number of piperidine rings is 1. The zero-order valence-corrected chi connectivity index (χ0v) is 12.7. The first-order valence-corrected chi connectivity index (χ1v) is 7.69. The Morgan fingerprint density at radius 2 is 2.19 bits per heavy atom. The van der Waals surface area contributed by atoms with E-state index in [1.54, 1.807) is 6.20 Å². The molecule has 0 amide bonds. The number of likely N-dealkylation sites (tertiary alicyclic amines) is 1. The number of nitrogens with zero attached hydrogens (tertiary/aromatic N) is 4. The summed E-state index contributed by atoms with van der Waals surface area (Å²) in [6.07, 6.45) is 9.04. The van der Waals surface area contributed by atoms with Gasteiger partial charge in [0, 0.05) is 32.0 Å². The summed E-state index contributed by atoms with van der Waals surface area (Å²) >= 11 is 0. The fraction of sp³-hybridized carbons (Fsp3) is 0.600. The fourth-order valence-corrected chi connectivity index (χ4v) is 2.58. The van der Waals surface area contributed by atoms with Gasteiger partial charge in [0.1, 0.15) is 11.9 Å². The third-order valence-corrected chi connectivity index (χ3v) is 3.84. The Balaban J connectivity index is 1.80. The van der Waals surface area contributed by atoms with Crippen LogP contribution in [-0.4, -0.2) is 52.1 Å². The zero-order valence-electron chi connectivity index (χ0n) is 12.7. The maximum Gasteiger partial charge on any atom is 0.260 e. The molecule has 1 fully saturated rings. The predicted molar refractivity (Wildman–Crippen MR) is 82.9 cm³/mol.